The summed E-state index contributed by atoms with van der Waals surface area (Å²) in [5.41, 5.74) is 0.302. The summed E-state index contributed by atoms with van der Waals surface area (Å²) < 4.78 is 26.5. The van der Waals surface area contributed by atoms with Crippen molar-refractivity contribution in [1.29, 1.82) is 0 Å². The summed E-state index contributed by atoms with van der Waals surface area (Å²) in [4.78, 5) is 16.1. The van der Waals surface area contributed by atoms with Crippen LogP contribution in [0.25, 0.3) is 0 Å². The quantitative estimate of drug-likeness (QED) is 0.890. The summed E-state index contributed by atoms with van der Waals surface area (Å²) in [6, 6.07) is 8.11. The molecule has 1 amide bonds. The van der Waals surface area contributed by atoms with Gasteiger partial charge in [0.1, 0.15) is 23.1 Å². The van der Waals surface area contributed by atoms with Crippen molar-refractivity contribution in [3.8, 4) is 0 Å². The van der Waals surface area contributed by atoms with Crippen LogP contribution in [0.5, 0.6) is 0 Å². The summed E-state index contributed by atoms with van der Waals surface area (Å²) in [6.45, 7) is 2.50. The number of rotatable bonds is 5. The molecular formula is C15H15F2N3O. The van der Waals surface area contributed by atoms with E-state index in [1.165, 1.54) is 0 Å². The largest absolute Gasteiger partial charge is 0.370 e. The Bertz CT molecular complexity index is 647. The SMILES string of the molecule is CCNc1cccc(C(=O)NCc2cc(F)ccc2F)n1. The molecule has 1 aromatic heterocycles. The normalized spacial score (nSPS) is 10.2. The highest BCUT2D eigenvalue weighted by Crippen LogP contribution is 2.10. The first-order valence-electron chi connectivity index (χ1n) is 6.53. The van der Waals surface area contributed by atoms with Crippen LogP contribution >= 0.6 is 0 Å². The van der Waals surface area contributed by atoms with Crippen LogP contribution in [0.4, 0.5) is 14.6 Å². The molecule has 6 heteroatoms. The van der Waals surface area contributed by atoms with Crippen molar-refractivity contribution in [2.45, 2.75) is 13.5 Å². The van der Waals surface area contributed by atoms with Gasteiger partial charge in [0, 0.05) is 18.7 Å². The van der Waals surface area contributed by atoms with Gasteiger partial charge >= 0.3 is 0 Å². The van der Waals surface area contributed by atoms with E-state index in [0.29, 0.717) is 12.4 Å². The number of carbonyl (C=O) groups is 1. The topological polar surface area (TPSA) is 54.0 Å². The molecule has 0 unspecified atom stereocenters. The molecule has 0 aliphatic heterocycles. The molecule has 0 spiro atoms. The fraction of sp³-hybridized carbons (Fsp3) is 0.200. The molecule has 0 bridgehead atoms. The number of carbonyl (C=O) groups excluding carboxylic acids is 1. The molecular weight excluding hydrogens is 276 g/mol. The molecule has 110 valence electrons. The number of anilines is 1. The number of nitrogens with zero attached hydrogens (tertiary/aromatic N) is 1. The summed E-state index contributed by atoms with van der Waals surface area (Å²) in [5, 5.41) is 5.51. The van der Waals surface area contributed by atoms with Crippen molar-refractivity contribution in [3.05, 3.63) is 59.3 Å². The van der Waals surface area contributed by atoms with Gasteiger partial charge in [-0.05, 0) is 37.3 Å². The maximum atomic E-state index is 13.4. The van der Waals surface area contributed by atoms with Crippen LogP contribution in [0.15, 0.2) is 36.4 Å². The molecule has 0 saturated heterocycles. The van der Waals surface area contributed by atoms with Crippen LogP contribution in [0.1, 0.15) is 23.0 Å². The van der Waals surface area contributed by atoms with Crippen LogP contribution < -0.4 is 10.6 Å². The van der Waals surface area contributed by atoms with Gasteiger partial charge in [0.2, 0.25) is 0 Å². The number of hydrogen-bond acceptors (Lipinski definition) is 3. The Kier molecular flexibility index (Phi) is 4.81. The lowest BCUT2D eigenvalue weighted by atomic mass is 10.2. The molecule has 0 aliphatic carbocycles. The van der Waals surface area contributed by atoms with Gasteiger partial charge in [-0.3, -0.25) is 4.79 Å². The van der Waals surface area contributed by atoms with E-state index in [2.05, 4.69) is 15.6 Å². The maximum absolute atomic E-state index is 13.4. The second-order valence-corrected chi connectivity index (χ2v) is 4.36. The zero-order valence-corrected chi connectivity index (χ0v) is 11.5. The van der Waals surface area contributed by atoms with E-state index in [4.69, 9.17) is 0 Å². The zero-order chi connectivity index (χ0) is 15.2. The highest BCUT2D eigenvalue weighted by atomic mass is 19.1. The van der Waals surface area contributed by atoms with Crippen molar-refractivity contribution in [2.24, 2.45) is 0 Å². The predicted octanol–water partition coefficient (Wildman–Crippen LogP) is 2.72. The number of halogens is 2. The van der Waals surface area contributed by atoms with Gasteiger partial charge in [0.25, 0.3) is 5.91 Å². The molecule has 2 rings (SSSR count). The predicted molar refractivity (Wildman–Crippen MR) is 75.9 cm³/mol. The second kappa shape index (κ2) is 6.78. The number of hydrogen-bond donors (Lipinski definition) is 2. The smallest absolute Gasteiger partial charge is 0.270 e. The van der Waals surface area contributed by atoms with E-state index in [1.807, 2.05) is 6.92 Å². The van der Waals surface area contributed by atoms with Crippen LogP contribution in [-0.4, -0.2) is 17.4 Å². The maximum Gasteiger partial charge on any atom is 0.270 e. The molecule has 2 aromatic rings. The van der Waals surface area contributed by atoms with Gasteiger partial charge in [-0.25, -0.2) is 13.8 Å². The average Bonchev–Trinajstić information content (AvgIpc) is 2.48. The first-order valence-corrected chi connectivity index (χ1v) is 6.53. The van der Waals surface area contributed by atoms with Crippen LogP contribution in [-0.2, 0) is 6.54 Å². The highest BCUT2D eigenvalue weighted by molar-refractivity contribution is 5.92. The number of nitrogens with one attached hydrogen (secondary N) is 2. The first kappa shape index (κ1) is 14.9. The monoisotopic (exact) mass is 291 g/mol. The Balaban J connectivity index is 2.04. The lowest BCUT2D eigenvalue weighted by molar-refractivity contribution is 0.0945. The molecule has 0 aliphatic rings. The van der Waals surface area contributed by atoms with Gasteiger partial charge in [0.15, 0.2) is 0 Å². The third kappa shape index (κ3) is 3.98. The van der Waals surface area contributed by atoms with E-state index >= 15 is 0 Å². The first-order chi connectivity index (χ1) is 10.1. The number of aromatic nitrogens is 1. The number of pyridine rings is 1. The molecule has 21 heavy (non-hydrogen) atoms. The van der Waals surface area contributed by atoms with Gasteiger partial charge in [-0.15, -0.1) is 0 Å². The van der Waals surface area contributed by atoms with E-state index in [-0.39, 0.29) is 17.8 Å². The molecule has 4 nitrogen and oxygen atoms in total. The standard InChI is InChI=1S/C15H15F2N3O/c1-2-18-14-5-3-4-13(20-14)15(21)19-9-10-8-11(16)6-7-12(10)17/h3-8H,2,9H2,1H3,(H,18,20)(H,19,21). The van der Waals surface area contributed by atoms with Gasteiger partial charge in [-0.2, -0.15) is 0 Å². The van der Waals surface area contributed by atoms with Gasteiger partial charge < -0.3 is 10.6 Å². The Morgan fingerprint density at radius 3 is 2.81 bits per heavy atom. The molecule has 0 atom stereocenters. The number of amides is 1. The van der Waals surface area contributed by atoms with E-state index < -0.39 is 17.5 Å². The van der Waals surface area contributed by atoms with Crippen molar-refractivity contribution < 1.29 is 13.6 Å². The summed E-state index contributed by atoms with van der Waals surface area (Å²) >= 11 is 0. The van der Waals surface area contributed by atoms with Crippen molar-refractivity contribution in [3.63, 3.8) is 0 Å². The minimum atomic E-state index is -0.564. The molecule has 2 N–H and O–H groups in total. The van der Waals surface area contributed by atoms with E-state index in [0.717, 1.165) is 18.2 Å². The minimum absolute atomic E-state index is 0.0891. The molecule has 1 aromatic carbocycles. The van der Waals surface area contributed by atoms with E-state index in [9.17, 15) is 13.6 Å². The van der Waals surface area contributed by atoms with Gasteiger partial charge in [0.05, 0.1) is 0 Å². The lowest BCUT2D eigenvalue weighted by Crippen LogP contribution is -2.24. The van der Waals surface area contributed by atoms with Crippen LogP contribution in [0.2, 0.25) is 0 Å². The van der Waals surface area contributed by atoms with Crippen molar-refractivity contribution in [1.82, 2.24) is 10.3 Å². The van der Waals surface area contributed by atoms with Crippen LogP contribution in [0.3, 0.4) is 0 Å². The third-order valence-electron chi connectivity index (χ3n) is 2.79. The van der Waals surface area contributed by atoms with Crippen molar-refractivity contribution in [2.75, 3.05) is 11.9 Å². The summed E-state index contributed by atoms with van der Waals surface area (Å²) in [7, 11) is 0. The Labute approximate surface area is 121 Å². The summed E-state index contributed by atoms with van der Waals surface area (Å²) in [5.74, 6) is -0.973. The second-order valence-electron chi connectivity index (χ2n) is 4.36. The molecule has 0 radical (unpaired) electrons. The molecule has 0 saturated carbocycles. The Hall–Kier alpha value is -2.50. The minimum Gasteiger partial charge on any atom is -0.370 e. The molecule has 1 heterocycles. The Morgan fingerprint density at radius 2 is 2.05 bits per heavy atom. The van der Waals surface area contributed by atoms with E-state index in [1.54, 1.807) is 18.2 Å². The number of benzene rings is 1. The lowest BCUT2D eigenvalue weighted by Gasteiger charge is -2.08. The van der Waals surface area contributed by atoms with Crippen molar-refractivity contribution >= 4 is 11.7 Å². The fourth-order valence-corrected chi connectivity index (χ4v) is 1.79. The van der Waals surface area contributed by atoms with Gasteiger partial charge in [-0.1, -0.05) is 6.07 Å². The fourth-order valence-electron chi connectivity index (χ4n) is 1.79. The highest BCUT2D eigenvalue weighted by Gasteiger charge is 2.10. The zero-order valence-electron chi connectivity index (χ0n) is 11.5. The van der Waals surface area contributed by atoms with Crippen LogP contribution in [0, 0.1) is 11.6 Å². The molecule has 0 fully saturated rings. The Morgan fingerprint density at radius 1 is 1.24 bits per heavy atom. The summed E-state index contributed by atoms with van der Waals surface area (Å²) in [6.07, 6.45) is 0. The average molecular weight is 291 g/mol. The third-order valence-corrected chi connectivity index (χ3v) is 2.79.